The van der Waals surface area contributed by atoms with Crippen LogP contribution in [0.2, 0.25) is 0 Å². The second-order valence-electron chi connectivity index (χ2n) is 6.33. The molecule has 5 heteroatoms. The molecule has 0 aliphatic heterocycles. The molecule has 20 heavy (non-hydrogen) atoms. The Morgan fingerprint density at radius 2 is 1.80 bits per heavy atom. The minimum absolute atomic E-state index is 0.0358. The molecule has 2 rings (SSSR count). The quantitative estimate of drug-likeness (QED) is 0.786. The summed E-state index contributed by atoms with van der Waals surface area (Å²) in [5.41, 5.74) is -1.63. The van der Waals surface area contributed by atoms with E-state index in [-0.39, 0.29) is 23.2 Å². The predicted molar refractivity (Wildman–Crippen MR) is 71.8 cm³/mol. The molecule has 1 fully saturated rings. The van der Waals surface area contributed by atoms with E-state index in [1.54, 1.807) is 0 Å². The Balaban J connectivity index is 2.73. The molecule has 0 aromatic carbocycles. The van der Waals surface area contributed by atoms with Crippen LogP contribution in [-0.2, 0) is 19.1 Å². The van der Waals surface area contributed by atoms with Gasteiger partial charge in [-0.1, -0.05) is 20.8 Å². The Bertz CT molecular complexity index is 490. The number of carbonyl (C=O) groups excluding carboxylic acids is 2. The number of hydrogen-bond donors (Lipinski definition) is 1. The summed E-state index contributed by atoms with van der Waals surface area (Å²) >= 11 is 0. The third-order valence-electron chi connectivity index (χ3n) is 5.26. The largest absolute Gasteiger partial charge is 0.511 e. The molecular formula is C15H22O5. The maximum atomic E-state index is 12.5. The van der Waals surface area contributed by atoms with Gasteiger partial charge in [0, 0.05) is 5.41 Å². The van der Waals surface area contributed by atoms with Crippen LogP contribution in [0.5, 0.6) is 0 Å². The minimum atomic E-state index is -1.09. The van der Waals surface area contributed by atoms with Crippen molar-refractivity contribution in [1.82, 2.24) is 0 Å². The van der Waals surface area contributed by atoms with Crippen LogP contribution in [0.3, 0.4) is 0 Å². The van der Waals surface area contributed by atoms with Crippen LogP contribution in [0.1, 0.15) is 33.6 Å². The number of hydrogen-bond acceptors (Lipinski definition) is 5. The fraction of sp³-hybridized carbons (Fsp3) is 0.733. The average Bonchev–Trinajstić information content (AvgIpc) is 2.84. The number of esters is 2. The number of aliphatic hydroxyl groups is 1. The number of fused-ring (bicyclic) bond motifs is 1. The first-order valence-corrected chi connectivity index (χ1v) is 6.87. The minimum Gasteiger partial charge on any atom is -0.511 e. The van der Waals surface area contributed by atoms with Crippen molar-refractivity contribution in [3.63, 3.8) is 0 Å². The van der Waals surface area contributed by atoms with Crippen LogP contribution in [0.15, 0.2) is 11.3 Å². The number of carbonyl (C=O) groups is 2. The maximum absolute atomic E-state index is 12.5. The molecular weight excluding hydrogens is 260 g/mol. The number of methoxy groups -OCH3 is 2. The lowest BCUT2D eigenvalue weighted by Gasteiger charge is -2.36. The van der Waals surface area contributed by atoms with Crippen molar-refractivity contribution >= 4 is 11.9 Å². The van der Waals surface area contributed by atoms with Gasteiger partial charge in [0.05, 0.1) is 19.8 Å². The zero-order valence-corrected chi connectivity index (χ0v) is 12.6. The lowest BCUT2D eigenvalue weighted by molar-refractivity contribution is -0.158. The lowest BCUT2D eigenvalue weighted by atomic mass is 9.66. The Hall–Kier alpha value is -1.52. The molecule has 0 spiro atoms. The highest BCUT2D eigenvalue weighted by atomic mass is 16.5. The van der Waals surface area contributed by atoms with Crippen LogP contribution < -0.4 is 0 Å². The van der Waals surface area contributed by atoms with E-state index >= 15 is 0 Å². The van der Waals surface area contributed by atoms with Gasteiger partial charge in [0.2, 0.25) is 0 Å². The molecule has 3 atom stereocenters. The summed E-state index contributed by atoms with van der Waals surface area (Å²) in [6.07, 6.45) is 1.59. The van der Waals surface area contributed by atoms with Gasteiger partial charge in [-0.3, -0.25) is 4.79 Å². The summed E-state index contributed by atoms with van der Waals surface area (Å²) in [7, 11) is 2.57. The molecule has 0 bridgehead atoms. The highest BCUT2D eigenvalue weighted by Crippen LogP contribution is 2.66. The summed E-state index contributed by atoms with van der Waals surface area (Å²) < 4.78 is 9.79. The van der Waals surface area contributed by atoms with Crippen molar-refractivity contribution in [2.75, 3.05) is 14.2 Å². The van der Waals surface area contributed by atoms with Crippen molar-refractivity contribution in [3.05, 3.63) is 11.3 Å². The maximum Gasteiger partial charge on any atom is 0.338 e. The first-order valence-electron chi connectivity index (χ1n) is 6.87. The smallest absolute Gasteiger partial charge is 0.338 e. The monoisotopic (exact) mass is 282 g/mol. The molecule has 1 N–H and O–H groups in total. The van der Waals surface area contributed by atoms with E-state index in [0.717, 1.165) is 12.8 Å². The third-order valence-corrected chi connectivity index (χ3v) is 5.26. The number of ether oxygens (including phenoxy) is 2. The molecule has 0 radical (unpaired) electrons. The summed E-state index contributed by atoms with van der Waals surface area (Å²) in [6, 6.07) is 0. The van der Waals surface area contributed by atoms with E-state index in [1.807, 2.05) is 20.8 Å². The Morgan fingerprint density at radius 3 is 2.30 bits per heavy atom. The molecule has 112 valence electrons. The summed E-state index contributed by atoms with van der Waals surface area (Å²) in [5, 5.41) is 10.5. The van der Waals surface area contributed by atoms with E-state index in [0.29, 0.717) is 0 Å². The van der Waals surface area contributed by atoms with E-state index in [2.05, 4.69) is 0 Å². The molecule has 2 aliphatic rings. The van der Waals surface area contributed by atoms with Gasteiger partial charge < -0.3 is 14.6 Å². The first kappa shape index (κ1) is 14.9. The highest BCUT2D eigenvalue weighted by molar-refractivity contribution is 6.00. The fourth-order valence-corrected chi connectivity index (χ4v) is 4.23. The van der Waals surface area contributed by atoms with Crippen molar-refractivity contribution in [3.8, 4) is 0 Å². The van der Waals surface area contributed by atoms with Crippen LogP contribution in [0.4, 0.5) is 0 Å². The van der Waals surface area contributed by atoms with Gasteiger partial charge in [-0.25, -0.2) is 4.79 Å². The molecule has 0 heterocycles. The van der Waals surface area contributed by atoms with Gasteiger partial charge in [-0.15, -0.1) is 0 Å². The van der Waals surface area contributed by atoms with Crippen LogP contribution >= 0.6 is 0 Å². The molecule has 0 unspecified atom stereocenters. The highest BCUT2D eigenvalue weighted by Gasteiger charge is 2.69. The number of aliphatic hydroxyl groups excluding tert-OH is 1. The normalized spacial score (nSPS) is 34.9. The molecule has 0 aromatic rings. The second-order valence-corrected chi connectivity index (χ2v) is 6.33. The molecule has 2 aliphatic carbocycles. The van der Waals surface area contributed by atoms with Crippen LogP contribution in [-0.4, -0.2) is 31.3 Å². The Morgan fingerprint density at radius 1 is 1.20 bits per heavy atom. The topological polar surface area (TPSA) is 72.8 Å². The van der Waals surface area contributed by atoms with Gasteiger partial charge in [0.15, 0.2) is 0 Å². The number of allylic oxidation sites excluding steroid dienone is 1. The van der Waals surface area contributed by atoms with Gasteiger partial charge >= 0.3 is 11.9 Å². The lowest BCUT2D eigenvalue weighted by Crippen LogP contribution is -2.44. The van der Waals surface area contributed by atoms with E-state index in [9.17, 15) is 14.7 Å². The Labute approximate surface area is 118 Å². The fourth-order valence-electron chi connectivity index (χ4n) is 4.23. The van der Waals surface area contributed by atoms with Gasteiger partial charge in [0.25, 0.3) is 0 Å². The van der Waals surface area contributed by atoms with E-state index in [1.165, 1.54) is 14.2 Å². The Kier molecular flexibility index (Phi) is 3.35. The second kappa shape index (κ2) is 4.50. The van der Waals surface area contributed by atoms with E-state index < -0.39 is 22.8 Å². The summed E-state index contributed by atoms with van der Waals surface area (Å²) in [6.45, 7) is 5.64. The standard InChI is InChI=1S/C15H22O5/c1-8-6-7-9-14(2,3)11(16)10(12(17)19-4)15(8,9)13(18)20-5/h8-9,16H,6-7H2,1-5H3/t8-,9+,15-/m0/s1. The van der Waals surface area contributed by atoms with Gasteiger partial charge in [-0.05, 0) is 24.7 Å². The average molecular weight is 282 g/mol. The van der Waals surface area contributed by atoms with Crippen molar-refractivity contribution in [2.24, 2.45) is 22.7 Å². The van der Waals surface area contributed by atoms with Crippen LogP contribution in [0, 0.1) is 22.7 Å². The van der Waals surface area contributed by atoms with E-state index in [4.69, 9.17) is 9.47 Å². The molecule has 0 saturated heterocycles. The first-order chi connectivity index (χ1) is 9.26. The van der Waals surface area contributed by atoms with Crippen molar-refractivity contribution in [1.29, 1.82) is 0 Å². The summed E-state index contributed by atoms with van der Waals surface area (Å²) in [5.74, 6) is -1.35. The third kappa shape index (κ3) is 1.49. The molecule has 1 saturated carbocycles. The zero-order chi connectivity index (χ0) is 15.3. The van der Waals surface area contributed by atoms with Crippen molar-refractivity contribution < 1.29 is 24.2 Å². The molecule has 0 aromatic heterocycles. The predicted octanol–water partition coefficient (Wildman–Crippen LogP) is 2.22. The van der Waals surface area contributed by atoms with Gasteiger partial charge in [0.1, 0.15) is 11.2 Å². The SMILES string of the molecule is COC(=O)C1=C(O)C(C)(C)[C@H]2CC[C@H](C)[C@@]12C(=O)OC. The van der Waals surface area contributed by atoms with Gasteiger partial charge in [-0.2, -0.15) is 0 Å². The zero-order valence-electron chi connectivity index (χ0n) is 12.6. The number of rotatable bonds is 2. The molecule has 0 amide bonds. The van der Waals surface area contributed by atoms with Crippen LogP contribution in [0.25, 0.3) is 0 Å². The summed E-state index contributed by atoms with van der Waals surface area (Å²) in [4.78, 5) is 24.7. The van der Waals surface area contributed by atoms with Crippen molar-refractivity contribution in [2.45, 2.75) is 33.6 Å². The molecule has 5 nitrogen and oxygen atoms in total.